The highest BCUT2D eigenvalue weighted by molar-refractivity contribution is 5.83. The molecule has 0 bridgehead atoms. The summed E-state index contributed by atoms with van der Waals surface area (Å²) in [5.41, 5.74) is 0.773. The molecule has 1 aromatic rings. The third kappa shape index (κ3) is 2.69. The molecular weight excluding hydrogens is 267 g/mol. The summed E-state index contributed by atoms with van der Waals surface area (Å²) in [4.78, 5) is 14.8. The molecule has 2 aliphatic rings. The van der Waals surface area contributed by atoms with Crippen molar-refractivity contribution in [2.24, 2.45) is 11.3 Å². The van der Waals surface area contributed by atoms with Crippen molar-refractivity contribution in [3.63, 3.8) is 0 Å². The number of halogens is 1. The summed E-state index contributed by atoms with van der Waals surface area (Å²) in [6.45, 7) is 2.33. The van der Waals surface area contributed by atoms with Gasteiger partial charge in [0.05, 0.1) is 5.41 Å². The third-order valence-corrected chi connectivity index (χ3v) is 5.14. The molecule has 1 aliphatic heterocycles. The lowest BCUT2D eigenvalue weighted by atomic mass is 9.67. The van der Waals surface area contributed by atoms with E-state index >= 15 is 0 Å². The highest BCUT2D eigenvalue weighted by atomic mass is 19.1. The van der Waals surface area contributed by atoms with Gasteiger partial charge in [-0.3, -0.25) is 4.79 Å². The average molecular weight is 290 g/mol. The van der Waals surface area contributed by atoms with E-state index in [0.717, 1.165) is 37.9 Å². The Labute approximate surface area is 125 Å². The van der Waals surface area contributed by atoms with Crippen LogP contribution in [0.2, 0.25) is 0 Å². The van der Waals surface area contributed by atoms with Gasteiger partial charge >= 0.3 is 0 Å². The normalized spacial score (nSPS) is 28.2. The minimum Gasteiger partial charge on any atom is -0.341 e. The summed E-state index contributed by atoms with van der Waals surface area (Å²) < 4.78 is 13.0. The van der Waals surface area contributed by atoms with Gasteiger partial charge in [-0.05, 0) is 43.0 Å². The van der Waals surface area contributed by atoms with E-state index in [-0.39, 0.29) is 17.1 Å². The summed E-state index contributed by atoms with van der Waals surface area (Å²) in [6.07, 6.45) is 4.54. The Kier molecular flexibility index (Phi) is 3.98. The quantitative estimate of drug-likeness (QED) is 0.928. The molecule has 1 saturated carbocycles. The molecule has 1 saturated heterocycles. The summed E-state index contributed by atoms with van der Waals surface area (Å²) in [6, 6.07) is 6.41. The highest BCUT2D eigenvalue weighted by Gasteiger charge is 2.50. The Bertz CT molecular complexity index is 516. The van der Waals surface area contributed by atoms with Crippen LogP contribution in [0.5, 0.6) is 0 Å². The molecular formula is C17H23FN2O. The van der Waals surface area contributed by atoms with Gasteiger partial charge in [0.15, 0.2) is 0 Å². The molecule has 21 heavy (non-hydrogen) atoms. The predicted molar refractivity (Wildman–Crippen MR) is 80.1 cm³/mol. The van der Waals surface area contributed by atoms with Crippen molar-refractivity contribution >= 4 is 5.91 Å². The summed E-state index contributed by atoms with van der Waals surface area (Å²) >= 11 is 0. The first-order chi connectivity index (χ1) is 10.1. The molecule has 2 atom stereocenters. The van der Waals surface area contributed by atoms with Crippen molar-refractivity contribution in [1.29, 1.82) is 0 Å². The van der Waals surface area contributed by atoms with E-state index in [1.54, 1.807) is 12.1 Å². The summed E-state index contributed by atoms with van der Waals surface area (Å²) in [7, 11) is 1.87. The van der Waals surface area contributed by atoms with Crippen LogP contribution < -0.4 is 5.32 Å². The van der Waals surface area contributed by atoms with E-state index in [1.807, 2.05) is 11.9 Å². The van der Waals surface area contributed by atoms with Gasteiger partial charge in [0.2, 0.25) is 5.91 Å². The van der Waals surface area contributed by atoms with E-state index in [2.05, 4.69) is 5.32 Å². The highest BCUT2D eigenvalue weighted by Crippen LogP contribution is 2.45. The van der Waals surface area contributed by atoms with Crippen molar-refractivity contribution < 1.29 is 9.18 Å². The third-order valence-electron chi connectivity index (χ3n) is 5.14. The van der Waals surface area contributed by atoms with E-state index in [4.69, 9.17) is 0 Å². The van der Waals surface area contributed by atoms with Crippen LogP contribution in [0, 0.1) is 17.2 Å². The van der Waals surface area contributed by atoms with E-state index in [9.17, 15) is 9.18 Å². The Hall–Kier alpha value is -1.42. The fourth-order valence-corrected chi connectivity index (χ4v) is 3.98. The van der Waals surface area contributed by atoms with Gasteiger partial charge in [0.25, 0.3) is 0 Å². The fraction of sp³-hybridized carbons (Fsp3) is 0.588. The van der Waals surface area contributed by atoms with Crippen LogP contribution in [0.15, 0.2) is 24.3 Å². The Morgan fingerprint density at radius 1 is 1.38 bits per heavy atom. The van der Waals surface area contributed by atoms with Crippen LogP contribution in [-0.2, 0) is 11.3 Å². The SMILES string of the molecule is CN(Cc1ccc(F)cc1)C(=O)[C@@]12CCCC[C@H]1CNC2. The first kappa shape index (κ1) is 14.5. The van der Waals surface area contributed by atoms with Crippen LogP contribution in [-0.4, -0.2) is 30.9 Å². The van der Waals surface area contributed by atoms with Gasteiger partial charge in [-0.1, -0.05) is 25.0 Å². The molecule has 1 aromatic carbocycles. The van der Waals surface area contributed by atoms with Crippen molar-refractivity contribution in [3.05, 3.63) is 35.6 Å². The first-order valence-corrected chi connectivity index (χ1v) is 7.82. The molecule has 0 radical (unpaired) electrons. The molecule has 2 fully saturated rings. The maximum Gasteiger partial charge on any atom is 0.230 e. The lowest BCUT2D eigenvalue weighted by Crippen LogP contribution is -2.48. The second-order valence-electron chi connectivity index (χ2n) is 6.52. The molecule has 1 amide bonds. The van der Waals surface area contributed by atoms with Gasteiger partial charge in [-0.25, -0.2) is 4.39 Å². The predicted octanol–water partition coefficient (Wildman–Crippen LogP) is 2.56. The second-order valence-corrected chi connectivity index (χ2v) is 6.52. The first-order valence-electron chi connectivity index (χ1n) is 7.82. The Balaban J connectivity index is 1.73. The minimum absolute atomic E-state index is 0.201. The number of carbonyl (C=O) groups excluding carboxylic acids is 1. The number of nitrogens with one attached hydrogen (secondary N) is 1. The number of nitrogens with zero attached hydrogens (tertiary/aromatic N) is 1. The molecule has 0 aromatic heterocycles. The van der Waals surface area contributed by atoms with Gasteiger partial charge in [0.1, 0.15) is 5.82 Å². The molecule has 1 heterocycles. The van der Waals surface area contributed by atoms with Gasteiger partial charge in [-0.15, -0.1) is 0 Å². The standard InChI is InChI=1S/C17H23FN2O/c1-20(11-13-5-7-15(18)8-6-13)16(21)17-9-3-2-4-14(17)10-19-12-17/h5-8,14,19H,2-4,9-12H2,1H3/t14-,17+/m0/s1. The molecule has 3 nitrogen and oxygen atoms in total. The molecule has 3 rings (SSSR count). The maximum absolute atomic E-state index is 13.0. The van der Waals surface area contributed by atoms with Gasteiger partial charge in [0, 0.05) is 20.1 Å². The summed E-state index contributed by atoms with van der Waals surface area (Å²) in [5.74, 6) is 0.495. The Morgan fingerprint density at radius 2 is 2.14 bits per heavy atom. The number of carbonyl (C=O) groups is 1. The fourth-order valence-electron chi connectivity index (χ4n) is 3.98. The molecule has 114 valence electrons. The number of hydrogen-bond donors (Lipinski definition) is 1. The van der Waals surface area contributed by atoms with E-state index in [0.29, 0.717) is 12.5 Å². The topological polar surface area (TPSA) is 32.3 Å². The maximum atomic E-state index is 13.0. The number of rotatable bonds is 3. The molecule has 1 aliphatic carbocycles. The Morgan fingerprint density at radius 3 is 2.90 bits per heavy atom. The number of amides is 1. The lowest BCUT2D eigenvalue weighted by Gasteiger charge is -2.39. The zero-order valence-corrected chi connectivity index (χ0v) is 12.6. The van der Waals surface area contributed by atoms with Crippen molar-refractivity contribution in [2.75, 3.05) is 20.1 Å². The van der Waals surface area contributed by atoms with Crippen LogP contribution in [0.3, 0.4) is 0 Å². The molecule has 0 unspecified atom stereocenters. The van der Waals surface area contributed by atoms with E-state index in [1.165, 1.54) is 18.6 Å². The minimum atomic E-state index is -0.237. The summed E-state index contributed by atoms with van der Waals surface area (Å²) in [5, 5.41) is 3.42. The molecule has 1 N–H and O–H groups in total. The van der Waals surface area contributed by atoms with Crippen molar-refractivity contribution in [2.45, 2.75) is 32.2 Å². The largest absolute Gasteiger partial charge is 0.341 e. The number of benzene rings is 1. The van der Waals surface area contributed by atoms with Crippen molar-refractivity contribution in [3.8, 4) is 0 Å². The number of fused-ring (bicyclic) bond motifs is 1. The van der Waals surface area contributed by atoms with Gasteiger partial charge in [-0.2, -0.15) is 0 Å². The van der Waals surface area contributed by atoms with Gasteiger partial charge < -0.3 is 10.2 Å². The second kappa shape index (κ2) is 5.76. The average Bonchev–Trinajstić information content (AvgIpc) is 2.93. The lowest BCUT2D eigenvalue weighted by molar-refractivity contribution is -0.144. The smallest absolute Gasteiger partial charge is 0.230 e. The van der Waals surface area contributed by atoms with Crippen LogP contribution >= 0.6 is 0 Å². The van der Waals surface area contributed by atoms with E-state index < -0.39 is 0 Å². The molecule has 0 spiro atoms. The molecule has 4 heteroatoms. The van der Waals surface area contributed by atoms with Crippen LogP contribution in [0.4, 0.5) is 4.39 Å². The van der Waals surface area contributed by atoms with Crippen LogP contribution in [0.25, 0.3) is 0 Å². The monoisotopic (exact) mass is 290 g/mol. The zero-order valence-electron chi connectivity index (χ0n) is 12.6. The van der Waals surface area contributed by atoms with Crippen LogP contribution in [0.1, 0.15) is 31.2 Å². The van der Waals surface area contributed by atoms with Crippen molar-refractivity contribution in [1.82, 2.24) is 10.2 Å². The number of hydrogen-bond acceptors (Lipinski definition) is 2. The zero-order chi connectivity index (χ0) is 14.9.